The van der Waals surface area contributed by atoms with Crippen molar-refractivity contribution in [3.63, 3.8) is 0 Å². The van der Waals surface area contributed by atoms with Gasteiger partial charge in [-0.25, -0.2) is 4.79 Å². The van der Waals surface area contributed by atoms with Crippen molar-refractivity contribution in [2.24, 2.45) is 15.3 Å². The molecule has 2 fully saturated rings. The van der Waals surface area contributed by atoms with Gasteiger partial charge in [-0.3, -0.25) is 0 Å². The highest BCUT2D eigenvalue weighted by atomic mass is 16.7. The summed E-state index contributed by atoms with van der Waals surface area (Å²) < 4.78 is 23.0. The van der Waals surface area contributed by atoms with Crippen LogP contribution in [0.15, 0.2) is 76.0 Å². The van der Waals surface area contributed by atoms with Gasteiger partial charge in [0.15, 0.2) is 18.7 Å². The van der Waals surface area contributed by atoms with E-state index in [-0.39, 0.29) is 26.1 Å². The zero-order valence-corrected chi connectivity index (χ0v) is 22.8. The molecule has 2 N–H and O–H groups in total. The van der Waals surface area contributed by atoms with Crippen LogP contribution in [0.1, 0.15) is 24.0 Å². The molecule has 8 atom stereocenters. The molecule has 226 valence electrons. The summed E-state index contributed by atoms with van der Waals surface area (Å²) in [7, 11) is 0. The quantitative estimate of drug-likeness (QED) is 0.215. The van der Waals surface area contributed by atoms with Gasteiger partial charge in [0.2, 0.25) is 0 Å². The van der Waals surface area contributed by atoms with Crippen molar-refractivity contribution in [3.8, 4) is 0 Å². The predicted molar refractivity (Wildman–Crippen MR) is 148 cm³/mol. The van der Waals surface area contributed by atoms with Gasteiger partial charge in [-0.05, 0) is 40.6 Å². The first-order valence-electron chi connectivity index (χ1n) is 13.4. The summed E-state index contributed by atoms with van der Waals surface area (Å²) in [5.41, 5.74) is 28.5. The molecule has 17 heteroatoms. The Morgan fingerprint density at radius 1 is 0.860 bits per heavy atom. The number of carbonyl (C=O) groups is 1. The van der Waals surface area contributed by atoms with Crippen molar-refractivity contribution in [2.45, 2.75) is 75.2 Å². The van der Waals surface area contributed by atoms with Gasteiger partial charge in [0.1, 0.15) is 24.9 Å². The van der Waals surface area contributed by atoms with Gasteiger partial charge in [-0.15, -0.1) is 0 Å². The number of carbonyl (C=O) groups excluding carboxylic acids is 1. The minimum absolute atomic E-state index is 0.0702. The second kappa shape index (κ2) is 15.6. The molecule has 0 spiro atoms. The van der Waals surface area contributed by atoms with Gasteiger partial charge in [-0.1, -0.05) is 76.0 Å². The topological polar surface area (TPSA) is 244 Å². The molecule has 2 heterocycles. The Kier molecular flexibility index (Phi) is 11.4. The average Bonchev–Trinajstić information content (AvgIpc) is 3.02. The molecule has 17 nitrogen and oxygen atoms in total. The highest BCUT2D eigenvalue weighted by Crippen LogP contribution is 2.31. The highest BCUT2D eigenvalue weighted by molar-refractivity contribution is 5.67. The highest BCUT2D eigenvalue weighted by Gasteiger charge is 2.47. The zero-order valence-electron chi connectivity index (χ0n) is 22.8. The standard InChI is InChI=1S/C26H30N10O7/c27-33-30-19-12-11-18(41-25(19)42-22-20(37)21(38)23(31-34-28)43-24(22)32-35-29)14-36(13-16-7-3-1-4-8-16)26(39)40-15-17-9-5-2-6-10-17/h1-10,18-25,37-38H,11-15H2/t18-,19+,20+,21+,22-,23+,24-,25+/m0/s1. The number of aliphatic hydroxyl groups is 2. The van der Waals surface area contributed by atoms with Crippen LogP contribution in [0.5, 0.6) is 0 Å². The molecule has 4 rings (SSSR count). The minimum Gasteiger partial charge on any atom is -0.445 e. The maximum Gasteiger partial charge on any atom is 0.410 e. The smallest absolute Gasteiger partial charge is 0.410 e. The molecule has 2 aromatic carbocycles. The first-order chi connectivity index (χ1) is 20.9. The van der Waals surface area contributed by atoms with E-state index in [1.807, 2.05) is 60.7 Å². The molecule has 0 unspecified atom stereocenters. The minimum atomic E-state index is -1.72. The van der Waals surface area contributed by atoms with Crippen LogP contribution in [-0.4, -0.2) is 77.0 Å². The molecular formula is C26H30N10O7. The van der Waals surface area contributed by atoms with Crippen molar-refractivity contribution >= 4 is 6.09 Å². The van der Waals surface area contributed by atoms with Crippen molar-refractivity contribution in [3.05, 3.63) is 103 Å². The number of amides is 1. The molecule has 0 radical (unpaired) electrons. The van der Waals surface area contributed by atoms with E-state index in [1.165, 1.54) is 4.90 Å². The largest absolute Gasteiger partial charge is 0.445 e. The summed E-state index contributed by atoms with van der Waals surface area (Å²) in [6.45, 7) is 0.373. The number of aliphatic hydroxyl groups excluding tert-OH is 2. The molecule has 2 aliphatic rings. The van der Waals surface area contributed by atoms with Crippen LogP contribution >= 0.6 is 0 Å². The maximum absolute atomic E-state index is 13.2. The van der Waals surface area contributed by atoms with Gasteiger partial charge in [0, 0.05) is 21.3 Å². The van der Waals surface area contributed by atoms with Crippen LogP contribution in [0, 0.1) is 0 Å². The summed E-state index contributed by atoms with van der Waals surface area (Å²) in [5, 5.41) is 31.6. The van der Waals surface area contributed by atoms with Crippen LogP contribution in [0.25, 0.3) is 31.3 Å². The normalized spacial score (nSPS) is 28.3. The van der Waals surface area contributed by atoms with E-state index in [9.17, 15) is 15.0 Å². The molecule has 2 aliphatic heterocycles. The Bertz CT molecular complexity index is 1350. The molecule has 2 aromatic rings. The number of nitrogens with zero attached hydrogens (tertiary/aromatic N) is 10. The Hall–Kier alpha value is -4.56. The van der Waals surface area contributed by atoms with E-state index in [4.69, 9.17) is 35.5 Å². The first kappa shape index (κ1) is 31.4. The number of hydrogen-bond donors (Lipinski definition) is 2. The third kappa shape index (κ3) is 8.49. The van der Waals surface area contributed by atoms with E-state index < -0.39 is 55.3 Å². The van der Waals surface area contributed by atoms with Crippen molar-refractivity contribution in [2.75, 3.05) is 6.54 Å². The molecule has 0 aliphatic carbocycles. The van der Waals surface area contributed by atoms with Gasteiger partial charge in [-0.2, -0.15) is 0 Å². The van der Waals surface area contributed by atoms with Gasteiger partial charge >= 0.3 is 6.09 Å². The third-order valence-electron chi connectivity index (χ3n) is 6.89. The Labute approximate surface area is 245 Å². The molecular weight excluding hydrogens is 564 g/mol. The fourth-order valence-corrected chi connectivity index (χ4v) is 4.77. The van der Waals surface area contributed by atoms with E-state index >= 15 is 0 Å². The van der Waals surface area contributed by atoms with Gasteiger partial charge < -0.3 is 34.1 Å². The monoisotopic (exact) mass is 594 g/mol. The summed E-state index contributed by atoms with van der Waals surface area (Å²) >= 11 is 0. The zero-order chi connectivity index (χ0) is 30.6. The van der Waals surface area contributed by atoms with Crippen molar-refractivity contribution < 1.29 is 34.0 Å². The molecule has 43 heavy (non-hydrogen) atoms. The second-order valence-electron chi connectivity index (χ2n) is 9.79. The predicted octanol–water partition coefficient (Wildman–Crippen LogP) is 4.42. The molecule has 1 amide bonds. The van der Waals surface area contributed by atoms with Crippen molar-refractivity contribution in [1.82, 2.24) is 4.90 Å². The fourth-order valence-electron chi connectivity index (χ4n) is 4.77. The van der Waals surface area contributed by atoms with E-state index in [0.29, 0.717) is 6.42 Å². The molecule has 0 aromatic heterocycles. The lowest BCUT2D eigenvalue weighted by Gasteiger charge is -2.43. The van der Waals surface area contributed by atoms with Crippen LogP contribution < -0.4 is 0 Å². The summed E-state index contributed by atoms with van der Waals surface area (Å²) in [5.74, 6) is 0. The van der Waals surface area contributed by atoms with Gasteiger partial charge in [0.05, 0.1) is 18.7 Å². The van der Waals surface area contributed by atoms with Crippen LogP contribution in [0.2, 0.25) is 0 Å². The Morgan fingerprint density at radius 2 is 1.49 bits per heavy atom. The summed E-state index contributed by atoms with van der Waals surface area (Å²) in [4.78, 5) is 22.8. The number of benzene rings is 2. The lowest BCUT2D eigenvalue weighted by atomic mass is 10.0. The SMILES string of the molecule is [N-]=[N+]=N[C@@H]1O[C@H](N=[N+]=[N-])[C@@H](O[C@H]2O[C@H](CN(Cc3ccccc3)C(=O)OCc3ccccc3)CC[C@H]2N=[N+]=[N-])[C@H](O)[C@H]1O. The van der Waals surface area contributed by atoms with Crippen LogP contribution in [-0.2, 0) is 32.1 Å². The summed E-state index contributed by atoms with van der Waals surface area (Å²) in [6.07, 6.45) is -9.79. The third-order valence-corrected chi connectivity index (χ3v) is 6.89. The number of ether oxygens (including phenoxy) is 4. The number of rotatable bonds is 11. The number of hydrogen-bond acceptors (Lipinski definition) is 10. The second-order valence-corrected chi connectivity index (χ2v) is 9.79. The van der Waals surface area contributed by atoms with Crippen LogP contribution in [0.4, 0.5) is 4.79 Å². The molecule has 0 bridgehead atoms. The lowest BCUT2D eigenvalue weighted by Crippen LogP contribution is -2.59. The Balaban J connectivity index is 1.50. The summed E-state index contributed by atoms with van der Waals surface area (Å²) in [6, 6.07) is 17.7. The lowest BCUT2D eigenvalue weighted by molar-refractivity contribution is -0.293. The van der Waals surface area contributed by atoms with E-state index in [1.54, 1.807) is 0 Å². The van der Waals surface area contributed by atoms with Gasteiger partial charge in [0.25, 0.3) is 0 Å². The fraction of sp³-hybridized carbons (Fsp3) is 0.500. The van der Waals surface area contributed by atoms with E-state index in [0.717, 1.165) is 11.1 Å². The van der Waals surface area contributed by atoms with E-state index in [2.05, 4.69) is 30.1 Å². The number of azide groups is 3. The molecule has 0 saturated carbocycles. The average molecular weight is 595 g/mol. The molecule has 2 saturated heterocycles. The first-order valence-corrected chi connectivity index (χ1v) is 13.4. The maximum atomic E-state index is 13.2. The van der Waals surface area contributed by atoms with Crippen molar-refractivity contribution in [1.29, 1.82) is 0 Å². The van der Waals surface area contributed by atoms with Crippen LogP contribution in [0.3, 0.4) is 0 Å². The Morgan fingerprint density at radius 3 is 2.14 bits per heavy atom.